The van der Waals surface area contributed by atoms with Crippen LogP contribution in [0.3, 0.4) is 0 Å². The van der Waals surface area contributed by atoms with E-state index >= 15 is 0 Å². The van der Waals surface area contributed by atoms with Crippen molar-refractivity contribution < 1.29 is 13.9 Å². The molecule has 2 aromatic heterocycles. The predicted molar refractivity (Wildman–Crippen MR) is 101 cm³/mol. The van der Waals surface area contributed by atoms with Crippen molar-refractivity contribution in [1.82, 2.24) is 9.80 Å². The molecule has 5 nitrogen and oxygen atoms in total. The molecule has 0 saturated carbocycles. The van der Waals surface area contributed by atoms with Crippen molar-refractivity contribution in [1.29, 1.82) is 0 Å². The molecule has 0 aromatic carbocycles. The zero-order chi connectivity index (χ0) is 18.1. The summed E-state index contributed by atoms with van der Waals surface area (Å²) in [5, 5.41) is 1.99. The Bertz CT molecular complexity index is 739. The van der Waals surface area contributed by atoms with E-state index in [4.69, 9.17) is 9.15 Å². The molecule has 2 aliphatic heterocycles. The Morgan fingerprint density at radius 2 is 2.27 bits per heavy atom. The van der Waals surface area contributed by atoms with Crippen LogP contribution in [0.4, 0.5) is 0 Å². The standard InChI is InChI=1S/C20H26N2O3S/c1-15-6-9-26-18(15)19(23)22-13-20(14-22)7-5-16(12-25-20)10-21(2)11-17-4-3-8-24-17/h3-4,6,8-9,16H,5,7,10-14H2,1-2H3/t16-/m1/s1. The first-order valence-electron chi connectivity index (χ1n) is 9.23. The molecule has 4 rings (SSSR count). The summed E-state index contributed by atoms with van der Waals surface area (Å²) in [6.07, 6.45) is 3.92. The summed E-state index contributed by atoms with van der Waals surface area (Å²) in [6, 6.07) is 5.95. The van der Waals surface area contributed by atoms with Crippen LogP contribution in [-0.2, 0) is 11.3 Å². The summed E-state index contributed by atoms with van der Waals surface area (Å²) in [4.78, 5) is 17.7. The van der Waals surface area contributed by atoms with Gasteiger partial charge in [-0.2, -0.15) is 0 Å². The molecule has 2 aliphatic rings. The van der Waals surface area contributed by atoms with Gasteiger partial charge >= 0.3 is 0 Å². The van der Waals surface area contributed by atoms with Crippen LogP contribution in [0.5, 0.6) is 0 Å². The van der Waals surface area contributed by atoms with Crippen LogP contribution in [0.1, 0.15) is 33.8 Å². The van der Waals surface area contributed by atoms with E-state index in [-0.39, 0.29) is 11.5 Å². The number of thiophene rings is 1. The number of rotatable bonds is 5. The molecule has 26 heavy (non-hydrogen) atoms. The molecule has 2 aromatic rings. The van der Waals surface area contributed by atoms with E-state index in [1.54, 1.807) is 6.26 Å². The Kier molecular flexibility index (Phi) is 4.90. The Morgan fingerprint density at radius 1 is 1.42 bits per heavy atom. The number of hydrogen-bond acceptors (Lipinski definition) is 5. The summed E-state index contributed by atoms with van der Waals surface area (Å²) in [7, 11) is 2.13. The Labute approximate surface area is 158 Å². The summed E-state index contributed by atoms with van der Waals surface area (Å²) in [5.74, 6) is 1.70. The Balaban J connectivity index is 1.23. The average molecular weight is 375 g/mol. The van der Waals surface area contributed by atoms with Crippen molar-refractivity contribution >= 4 is 17.2 Å². The van der Waals surface area contributed by atoms with Crippen LogP contribution >= 0.6 is 11.3 Å². The SMILES string of the molecule is Cc1ccsc1C(=O)N1CC2(CC[C@H](CN(C)Cc3ccco3)CO2)C1. The van der Waals surface area contributed by atoms with Gasteiger partial charge in [-0.1, -0.05) is 0 Å². The first-order valence-corrected chi connectivity index (χ1v) is 10.1. The fourth-order valence-electron chi connectivity index (χ4n) is 4.01. The highest BCUT2D eigenvalue weighted by molar-refractivity contribution is 7.12. The maximum absolute atomic E-state index is 12.6. The molecule has 2 saturated heterocycles. The van der Waals surface area contributed by atoms with Gasteiger partial charge in [0.15, 0.2) is 0 Å². The molecule has 0 N–H and O–H groups in total. The van der Waals surface area contributed by atoms with E-state index in [1.807, 2.05) is 35.4 Å². The molecule has 4 heterocycles. The molecular weight excluding hydrogens is 348 g/mol. The van der Waals surface area contributed by atoms with Crippen LogP contribution in [0.2, 0.25) is 0 Å². The number of hydrogen-bond donors (Lipinski definition) is 0. The van der Waals surface area contributed by atoms with E-state index in [1.165, 1.54) is 11.3 Å². The van der Waals surface area contributed by atoms with E-state index in [9.17, 15) is 4.79 Å². The van der Waals surface area contributed by atoms with Crippen molar-refractivity contribution in [3.05, 3.63) is 46.0 Å². The number of amides is 1. The van der Waals surface area contributed by atoms with Crippen molar-refractivity contribution in [3.63, 3.8) is 0 Å². The van der Waals surface area contributed by atoms with Crippen LogP contribution in [0.25, 0.3) is 0 Å². The highest BCUT2D eigenvalue weighted by Crippen LogP contribution is 2.37. The maximum atomic E-state index is 12.6. The minimum atomic E-state index is -0.100. The van der Waals surface area contributed by atoms with E-state index in [0.29, 0.717) is 5.92 Å². The molecule has 0 unspecified atom stereocenters. The van der Waals surface area contributed by atoms with Gasteiger partial charge in [-0.3, -0.25) is 9.69 Å². The van der Waals surface area contributed by atoms with Crippen LogP contribution in [0.15, 0.2) is 34.3 Å². The van der Waals surface area contributed by atoms with Gasteiger partial charge in [0.25, 0.3) is 5.91 Å². The number of ether oxygens (including phenoxy) is 1. The minimum Gasteiger partial charge on any atom is -0.468 e. The van der Waals surface area contributed by atoms with E-state index in [2.05, 4.69) is 11.9 Å². The topological polar surface area (TPSA) is 45.9 Å². The minimum absolute atomic E-state index is 0.100. The molecule has 1 spiro atoms. The molecule has 1 amide bonds. The zero-order valence-electron chi connectivity index (χ0n) is 15.4. The molecule has 140 valence electrons. The van der Waals surface area contributed by atoms with Crippen LogP contribution in [-0.4, -0.2) is 54.6 Å². The smallest absolute Gasteiger partial charge is 0.264 e. The lowest BCUT2D eigenvalue weighted by Gasteiger charge is -2.52. The molecule has 1 atom stereocenters. The fourth-order valence-corrected chi connectivity index (χ4v) is 4.91. The maximum Gasteiger partial charge on any atom is 0.264 e. The monoisotopic (exact) mass is 374 g/mol. The number of furan rings is 1. The summed E-state index contributed by atoms with van der Waals surface area (Å²) < 4.78 is 11.7. The molecule has 0 aliphatic carbocycles. The van der Waals surface area contributed by atoms with Crippen molar-refractivity contribution in [2.45, 2.75) is 31.9 Å². The van der Waals surface area contributed by atoms with Crippen molar-refractivity contribution in [2.24, 2.45) is 5.92 Å². The first kappa shape index (κ1) is 17.8. The van der Waals surface area contributed by atoms with Gasteiger partial charge in [-0.05, 0) is 61.9 Å². The third kappa shape index (κ3) is 3.59. The molecule has 2 fully saturated rings. The second-order valence-corrected chi connectivity index (χ2v) is 8.68. The summed E-state index contributed by atoms with van der Waals surface area (Å²) in [6.45, 7) is 6.09. The summed E-state index contributed by atoms with van der Waals surface area (Å²) in [5.41, 5.74) is 0.974. The molecule has 0 radical (unpaired) electrons. The molecule has 6 heteroatoms. The molecular formula is C20H26N2O3S. The zero-order valence-corrected chi connectivity index (χ0v) is 16.3. The highest BCUT2D eigenvalue weighted by Gasteiger charge is 2.48. The third-order valence-corrected chi connectivity index (χ3v) is 6.52. The Hall–Kier alpha value is -1.63. The van der Waals surface area contributed by atoms with Gasteiger partial charge in [0.2, 0.25) is 0 Å². The largest absolute Gasteiger partial charge is 0.468 e. The third-order valence-electron chi connectivity index (χ3n) is 5.51. The second-order valence-electron chi connectivity index (χ2n) is 7.77. The second kappa shape index (κ2) is 7.18. The lowest BCUT2D eigenvalue weighted by Crippen LogP contribution is -2.66. The average Bonchev–Trinajstić information content (AvgIpc) is 3.24. The van der Waals surface area contributed by atoms with E-state index in [0.717, 1.165) is 61.8 Å². The van der Waals surface area contributed by atoms with Crippen molar-refractivity contribution in [3.8, 4) is 0 Å². The number of carbonyl (C=O) groups is 1. The normalized spacial score (nSPS) is 22.0. The van der Waals surface area contributed by atoms with Gasteiger partial charge in [0, 0.05) is 6.54 Å². The summed E-state index contributed by atoms with van der Waals surface area (Å²) >= 11 is 1.53. The van der Waals surface area contributed by atoms with Gasteiger partial charge < -0.3 is 14.1 Å². The van der Waals surface area contributed by atoms with Gasteiger partial charge in [-0.15, -0.1) is 11.3 Å². The van der Waals surface area contributed by atoms with Crippen LogP contribution in [0, 0.1) is 12.8 Å². The van der Waals surface area contributed by atoms with E-state index < -0.39 is 0 Å². The van der Waals surface area contributed by atoms with Crippen molar-refractivity contribution in [2.75, 3.05) is 33.3 Å². The number of aryl methyl sites for hydroxylation is 1. The number of nitrogens with zero attached hydrogens (tertiary/aromatic N) is 2. The van der Waals surface area contributed by atoms with Gasteiger partial charge in [-0.25, -0.2) is 0 Å². The van der Waals surface area contributed by atoms with Crippen LogP contribution < -0.4 is 0 Å². The predicted octanol–water partition coefficient (Wildman–Crippen LogP) is 3.40. The number of carbonyl (C=O) groups excluding carboxylic acids is 1. The highest BCUT2D eigenvalue weighted by atomic mass is 32.1. The lowest BCUT2D eigenvalue weighted by molar-refractivity contribution is -0.168. The quantitative estimate of drug-likeness (QED) is 0.805. The molecule has 0 bridgehead atoms. The number of likely N-dealkylation sites (tertiary alicyclic amines) is 1. The fraction of sp³-hybridized carbons (Fsp3) is 0.550. The lowest BCUT2D eigenvalue weighted by atomic mass is 9.82. The van der Waals surface area contributed by atoms with Gasteiger partial charge in [0.1, 0.15) is 11.4 Å². The van der Waals surface area contributed by atoms with Gasteiger partial charge in [0.05, 0.1) is 37.4 Å². The Morgan fingerprint density at radius 3 is 2.88 bits per heavy atom. The first-order chi connectivity index (χ1) is 12.5.